The maximum absolute atomic E-state index is 13.1. The molecule has 0 bridgehead atoms. The number of benzene rings is 1. The number of nitrogens with zero attached hydrogens (tertiary/aromatic N) is 3. The Balaban J connectivity index is 1.52. The van der Waals surface area contributed by atoms with Crippen LogP contribution in [0.25, 0.3) is 0 Å². The summed E-state index contributed by atoms with van der Waals surface area (Å²) in [6.45, 7) is 2.84. The van der Waals surface area contributed by atoms with Gasteiger partial charge in [-0.2, -0.15) is 0 Å². The van der Waals surface area contributed by atoms with Gasteiger partial charge in [0.15, 0.2) is 5.84 Å². The van der Waals surface area contributed by atoms with Gasteiger partial charge in [0.1, 0.15) is 12.4 Å². The highest BCUT2D eigenvalue weighted by Gasteiger charge is 2.30. The van der Waals surface area contributed by atoms with Gasteiger partial charge in [0.25, 0.3) is 5.91 Å². The number of aromatic nitrogens is 1. The van der Waals surface area contributed by atoms with Crippen molar-refractivity contribution >= 4 is 28.4 Å². The number of rotatable bonds is 4. The van der Waals surface area contributed by atoms with Crippen molar-refractivity contribution in [3.05, 3.63) is 53.3 Å². The van der Waals surface area contributed by atoms with E-state index in [0.29, 0.717) is 35.7 Å². The summed E-state index contributed by atoms with van der Waals surface area (Å²) in [5.41, 5.74) is 8.32. The van der Waals surface area contributed by atoms with Crippen LogP contribution in [0.15, 0.2) is 40.9 Å². The lowest BCUT2D eigenvalue weighted by molar-refractivity contribution is 0.0528. The monoisotopic (exact) mass is 431 g/mol. The Labute approximate surface area is 176 Å². The van der Waals surface area contributed by atoms with Crippen LogP contribution in [0.3, 0.4) is 0 Å². The Morgan fingerprint density at radius 1 is 1.37 bits per heavy atom. The van der Waals surface area contributed by atoms with Crippen molar-refractivity contribution in [3.63, 3.8) is 0 Å². The molecule has 1 unspecified atom stereocenters. The van der Waals surface area contributed by atoms with Gasteiger partial charge in [-0.15, -0.1) is 4.40 Å². The molecule has 0 spiro atoms. The van der Waals surface area contributed by atoms with E-state index in [-0.39, 0.29) is 17.8 Å². The van der Waals surface area contributed by atoms with E-state index in [1.165, 1.54) is 0 Å². The molecule has 5 N–H and O–H groups in total. The molecular weight excluding hydrogens is 406 g/mol. The van der Waals surface area contributed by atoms with Crippen molar-refractivity contribution in [2.75, 3.05) is 17.9 Å². The summed E-state index contributed by atoms with van der Waals surface area (Å²) < 4.78 is 32.0. The summed E-state index contributed by atoms with van der Waals surface area (Å²) in [6.07, 6.45) is 4.46. The van der Waals surface area contributed by atoms with Gasteiger partial charge >= 0.3 is 0 Å². The van der Waals surface area contributed by atoms with Crippen LogP contribution < -0.4 is 15.2 Å². The van der Waals surface area contributed by atoms with Crippen molar-refractivity contribution in [3.8, 4) is 5.75 Å². The maximum atomic E-state index is 13.1. The van der Waals surface area contributed by atoms with Crippen molar-refractivity contribution in [2.45, 2.75) is 32.2 Å². The first-order valence-corrected chi connectivity index (χ1v) is 11.3. The summed E-state index contributed by atoms with van der Waals surface area (Å²) in [6, 6.07) is 8.62. The smallest absolute Gasteiger partial charge is 0.254 e. The number of pyridine rings is 1. The van der Waals surface area contributed by atoms with Crippen molar-refractivity contribution in [1.82, 2.24) is 9.88 Å². The van der Waals surface area contributed by atoms with Gasteiger partial charge in [0.2, 0.25) is 0 Å². The van der Waals surface area contributed by atoms with Crippen LogP contribution in [0.1, 0.15) is 40.9 Å². The number of anilines is 1. The molecule has 10 heteroatoms. The van der Waals surface area contributed by atoms with Gasteiger partial charge in [0.05, 0.1) is 17.3 Å². The maximum Gasteiger partial charge on any atom is 0.254 e. The highest BCUT2D eigenvalue weighted by molar-refractivity contribution is 8.24. The van der Waals surface area contributed by atoms with Gasteiger partial charge in [-0.05, 0) is 61.4 Å². The molecule has 0 saturated carbocycles. The fourth-order valence-electron chi connectivity index (χ4n) is 3.83. The third-order valence-electron chi connectivity index (χ3n) is 5.22. The molecule has 9 nitrogen and oxygen atoms in total. The molecule has 3 heterocycles. The second-order valence-corrected chi connectivity index (χ2v) is 8.85. The zero-order valence-corrected chi connectivity index (χ0v) is 17.4. The van der Waals surface area contributed by atoms with Crippen LogP contribution in [0.2, 0.25) is 0 Å². The van der Waals surface area contributed by atoms with E-state index in [2.05, 4.69) is 14.1 Å². The summed E-state index contributed by atoms with van der Waals surface area (Å²) in [5.74, 6) is 0.456. The highest BCUT2D eigenvalue weighted by Crippen LogP contribution is 2.46. The van der Waals surface area contributed by atoms with E-state index in [9.17, 15) is 13.9 Å². The number of carbonyl (C=O) groups is 1. The molecule has 1 aromatic heterocycles. The van der Waals surface area contributed by atoms with E-state index in [1.54, 1.807) is 36.5 Å². The average molecular weight is 432 g/mol. The number of nitrogens with two attached hydrogens (primary N) is 1. The number of fused-ring (bicyclic) bond motifs is 1. The molecule has 30 heavy (non-hydrogen) atoms. The zero-order valence-electron chi connectivity index (χ0n) is 16.6. The SMILES string of the molecule is Cc1cc(C(=O)N2CCCCC2COc2cccc3c2C(N)=NS(O)(O)N3)ccn1. The van der Waals surface area contributed by atoms with Crippen LogP contribution in [0, 0.1) is 6.92 Å². The van der Waals surface area contributed by atoms with Crippen LogP contribution >= 0.6 is 11.0 Å². The topological polar surface area (TPSA) is 133 Å². The lowest BCUT2D eigenvalue weighted by Gasteiger charge is -2.36. The number of hydrogen-bond donors (Lipinski definition) is 4. The Morgan fingerprint density at radius 3 is 3.00 bits per heavy atom. The lowest BCUT2D eigenvalue weighted by Crippen LogP contribution is -2.46. The predicted molar refractivity (Wildman–Crippen MR) is 117 cm³/mol. The zero-order chi connectivity index (χ0) is 21.3. The van der Waals surface area contributed by atoms with Crippen LogP contribution in [0.5, 0.6) is 5.75 Å². The van der Waals surface area contributed by atoms with E-state index >= 15 is 0 Å². The molecule has 160 valence electrons. The fourth-order valence-corrected chi connectivity index (χ4v) is 4.70. The van der Waals surface area contributed by atoms with Gasteiger partial charge in [0, 0.05) is 24.0 Å². The lowest BCUT2D eigenvalue weighted by atomic mass is 10.0. The Kier molecular flexibility index (Phi) is 5.54. The standard InChI is InChI=1S/C20H25N5O4S/c1-13-11-14(8-9-22-13)20(26)25-10-3-2-5-15(25)12-29-17-7-4-6-16-18(17)19(21)24-30(27,28)23-16/h4,6-9,11,15,23,27-28H,2-3,5,10,12H2,1H3,(H2,21,24). The molecule has 0 aliphatic carbocycles. The number of aryl methyl sites for hydroxylation is 1. The number of amidine groups is 1. The van der Waals surface area contributed by atoms with Gasteiger partial charge in [-0.3, -0.25) is 23.6 Å². The molecule has 1 amide bonds. The minimum absolute atomic E-state index is 0.00295. The molecule has 2 aliphatic heterocycles. The third kappa shape index (κ3) is 4.20. The summed E-state index contributed by atoms with van der Waals surface area (Å²) >= 11 is 0. The summed E-state index contributed by atoms with van der Waals surface area (Å²) in [7, 11) is -3.35. The number of ether oxygens (including phenoxy) is 1. The second kappa shape index (κ2) is 8.13. The third-order valence-corrected chi connectivity index (χ3v) is 6.16. The average Bonchev–Trinajstić information content (AvgIpc) is 2.70. The van der Waals surface area contributed by atoms with E-state index in [4.69, 9.17) is 10.5 Å². The molecular formula is C20H25N5O4S. The number of carbonyl (C=O) groups excluding carboxylic acids is 1. The van der Waals surface area contributed by atoms with Crippen LogP contribution in [0.4, 0.5) is 5.69 Å². The second-order valence-electron chi connectivity index (χ2n) is 7.42. The predicted octanol–water partition coefficient (Wildman–Crippen LogP) is 3.18. The molecule has 1 saturated heterocycles. The van der Waals surface area contributed by atoms with E-state index in [0.717, 1.165) is 25.0 Å². The molecule has 1 atom stereocenters. The van der Waals surface area contributed by atoms with Crippen LogP contribution in [-0.4, -0.2) is 49.9 Å². The molecule has 4 rings (SSSR count). The fraction of sp³-hybridized carbons (Fsp3) is 0.350. The first-order valence-electron chi connectivity index (χ1n) is 9.75. The number of amides is 1. The minimum Gasteiger partial charge on any atom is -0.491 e. The molecule has 2 aliphatic rings. The molecule has 1 aromatic carbocycles. The van der Waals surface area contributed by atoms with Gasteiger partial charge in [-0.25, -0.2) is 0 Å². The van der Waals surface area contributed by atoms with E-state index < -0.39 is 11.0 Å². The first kappa shape index (κ1) is 20.5. The highest BCUT2D eigenvalue weighted by atomic mass is 32.3. The Bertz CT molecular complexity index is 997. The summed E-state index contributed by atoms with van der Waals surface area (Å²) in [4.78, 5) is 19.1. The van der Waals surface area contributed by atoms with Gasteiger partial charge < -0.3 is 15.4 Å². The number of hydrogen-bond acceptors (Lipinski definition) is 8. The molecule has 1 fully saturated rings. The summed E-state index contributed by atoms with van der Waals surface area (Å²) in [5, 5.41) is 0. The normalized spacial score (nSPS) is 21.1. The molecule has 0 radical (unpaired) electrons. The van der Waals surface area contributed by atoms with Crippen molar-refractivity contribution < 1.29 is 18.6 Å². The van der Waals surface area contributed by atoms with Gasteiger partial charge in [-0.1, -0.05) is 6.07 Å². The largest absolute Gasteiger partial charge is 0.491 e. The quantitative estimate of drug-likeness (QED) is 0.584. The number of likely N-dealkylation sites (tertiary alicyclic amines) is 1. The Hall–Kier alpha value is -2.82. The number of nitrogens with one attached hydrogen (secondary N) is 1. The number of piperidine rings is 1. The van der Waals surface area contributed by atoms with Crippen LogP contribution in [-0.2, 0) is 0 Å². The molecule has 2 aromatic rings. The van der Waals surface area contributed by atoms with Crippen molar-refractivity contribution in [2.24, 2.45) is 10.1 Å². The first-order chi connectivity index (χ1) is 14.3. The minimum atomic E-state index is -3.35. The Morgan fingerprint density at radius 2 is 2.20 bits per heavy atom. The van der Waals surface area contributed by atoms with E-state index in [1.807, 2.05) is 11.8 Å². The van der Waals surface area contributed by atoms with Crippen molar-refractivity contribution in [1.29, 1.82) is 0 Å².